The zero-order valence-electron chi connectivity index (χ0n) is 8.92. The van der Waals surface area contributed by atoms with Gasteiger partial charge in [-0.2, -0.15) is 0 Å². The topological polar surface area (TPSA) is 34.7 Å². The van der Waals surface area contributed by atoms with Crippen LogP contribution in [0.2, 0.25) is 0 Å². The number of hydrogen-bond acceptors (Lipinski definition) is 3. The quantitative estimate of drug-likeness (QED) is 0.343. The smallest absolute Gasteiger partial charge is 0.204 e. The first kappa shape index (κ1) is 11.9. The zero-order chi connectivity index (χ0) is 11.3. The van der Waals surface area contributed by atoms with Crippen molar-refractivity contribution in [3.63, 3.8) is 0 Å². The maximum Gasteiger partial charge on any atom is 0.204 e. The molecule has 0 N–H and O–H groups in total. The first-order valence-electron chi connectivity index (χ1n) is 4.68. The number of furan rings is 1. The van der Waals surface area contributed by atoms with Crippen LogP contribution >= 0.6 is 11.6 Å². The molecule has 0 spiro atoms. The van der Waals surface area contributed by atoms with Gasteiger partial charge in [0.05, 0.1) is 5.88 Å². The number of alkyl halides is 1. The van der Waals surface area contributed by atoms with Crippen LogP contribution in [0.3, 0.4) is 0 Å². The highest BCUT2D eigenvalue weighted by Crippen LogP contribution is 2.18. The number of aliphatic imine (C=N–C) groups is 1. The summed E-state index contributed by atoms with van der Waals surface area (Å²) >= 11 is 5.60. The lowest BCUT2D eigenvalue weighted by atomic mass is 10.3. The Labute approximate surface area is 94.4 Å². The number of hydrogen-bond donors (Lipinski definition) is 0. The molecule has 0 saturated heterocycles. The van der Waals surface area contributed by atoms with Crippen LogP contribution in [-0.2, 0) is 11.2 Å². The Bertz CT molecular complexity index is 368. The van der Waals surface area contributed by atoms with E-state index < -0.39 is 0 Å². The number of halogens is 1. The van der Waals surface area contributed by atoms with E-state index in [1.54, 1.807) is 7.05 Å². The van der Waals surface area contributed by atoms with Gasteiger partial charge in [-0.05, 0) is 12.1 Å². The predicted molar refractivity (Wildman–Crippen MR) is 62.3 cm³/mol. The Kier molecular flexibility index (Phi) is 4.43. The molecule has 0 aliphatic carbocycles. The number of aryl methyl sites for hydroxylation is 1. The van der Waals surface area contributed by atoms with E-state index in [1.165, 1.54) is 0 Å². The van der Waals surface area contributed by atoms with E-state index in [2.05, 4.69) is 11.6 Å². The molecule has 3 nitrogen and oxygen atoms in total. The lowest BCUT2D eigenvalue weighted by molar-refractivity contribution is 0.441. The van der Waals surface area contributed by atoms with Gasteiger partial charge in [0.15, 0.2) is 11.5 Å². The summed E-state index contributed by atoms with van der Waals surface area (Å²) in [5, 5.41) is 0. The summed E-state index contributed by atoms with van der Waals surface area (Å²) in [5.74, 6) is 2.58. The summed E-state index contributed by atoms with van der Waals surface area (Å²) in [6.45, 7) is 5.77. The van der Waals surface area contributed by atoms with Gasteiger partial charge in [0.2, 0.25) is 5.90 Å². The summed E-state index contributed by atoms with van der Waals surface area (Å²) in [6.07, 6.45) is 0.845. The van der Waals surface area contributed by atoms with Gasteiger partial charge in [-0.15, -0.1) is 11.6 Å². The van der Waals surface area contributed by atoms with Crippen LogP contribution in [0.25, 0.3) is 5.76 Å². The van der Waals surface area contributed by atoms with Gasteiger partial charge in [0, 0.05) is 13.5 Å². The molecule has 0 unspecified atom stereocenters. The van der Waals surface area contributed by atoms with Crippen LogP contribution in [0.4, 0.5) is 0 Å². The van der Waals surface area contributed by atoms with Crippen molar-refractivity contribution in [2.75, 3.05) is 12.9 Å². The maximum atomic E-state index is 5.60. The molecule has 15 heavy (non-hydrogen) atoms. The Balaban J connectivity index is 2.68. The van der Waals surface area contributed by atoms with E-state index in [4.69, 9.17) is 20.8 Å². The third-order valence-electron chi connectivity index (χ3n) is 1.89. The third kappa shape index (κ3) is 3.13. The van der Waals surface area contributed by atoms with Gasteiger partial charge in [-0.25, -0.2) is 0 Å². The van der Waals surface area contributed by atoms with Crippen molar-refractivity contribution in [2.24, 2.45) is 4.99 Å². The maximum absolute atomic E-state index is 5.60. The first-order valence-corrected chi connectivity index (χ1v) is 5.22. The molecule has 0 atom stereocenters. The second-order valence-corrected chi connectivity index (χ2v) is 3.16. The minimum Gasteiger partial charge on any atom is -0.458 e. The van der Waals surface area contributed by atoms with Gasteiger partial charge >= 0.3 is 0 Å². The van der Waals surface area contributed by atoms with E-state index in [1.807, 2.05) is 19.1 Å². The molecule has 82 valence electrons. The van der Waals surface area contributed by atoms with E-state index in [0.717, 1.165) is 12.2 Å². The van der Waals surface area contributed by atoms with Crippen LogP contribution in [-0.4, -0.2) is 18.8 Å². The van der Waals surface area contributed by atoms with Crippen LogP contribution in [0.15, 0.2) is 28.1 Å². The summed E-state index contributed by atoms with van der Waals surface area (Å²) in [7, 11) is 1.62. The Hall–Kier alpha value is -1.22. The van der Waals surface area contributed by atoms with Crippen LogP contribution in [0.1, 0.15) is 18.4 Å². The molecule has 1 aromatic heterocycles. The van der Waals surface area contributed by atoms with E-state index >= 15 is 0 Å². The summed E-state index contributed by atoms with van der Waals surface area (Å²) in [4.78, 5) is 3.86. The van der Waals surface area contributed by atoms with Crippen molar-refractivity contribution in [3.8, 4) is 0 Å². The normalized spacial score (nSPS) is 11.5. The van der Waals surface area contributed by atoms with Crippen LogP contribution < -0.4 is 0 Å². The van der Waals surface area contributed by atoms with Crippen molar-refractivity contribution in [1.29, 1.82) is 0 Å². The molecule has 1 aromatic rings. The minimum atomic E-state index is 0.219. The molecule has 1 heterocycles. The molecule has 0 bridgehead atoms. The molecule has 1 rings (SSSR count). The Morgan fingerprint density at radius 1 is 1.60 bits per heavy atom. The fraction of sp³-hybridized carbons (Fsp3) is 0.364. The standard InChI is InChI=1S/C11H14ClNO2/c1-4-9-5-6-10(15-9)8(2)14-11(7-12)13-3/h5-6H,2,4,7H2,1,3H3. The first-order chi connectivity index (χ1) is 7.21. The average molecular weight is 228 g/mol. The van der Waals surface area contributed by atoms with E-state index in [9.17, 15) is 0 Å². The minimum absolute atomic E-state index is 0.219. The largest absolute Gasteiger partial charge is 0.458 e. The Morgan fingerprint density at radius 3 is 2.80 bits per heavy atom. The van der Waals surface area contributed by atoms with Crippen molar-refractivity contribution < 1.29 is 9.15 Å². The van der Waals surface area contributed by atoms with Crippen molar-refractivity contribution in [2.45, 2.75) is 13.3 Å². The molecule has 4 heteroatoms. The summed E-state index contributed by atoms with van der Waals surface area (Å²) in [6, 6.07) is 3.72. The molecule has 0 aliphatic heterocycles. The van der Waals surface area contributed by atoms with Crippen molar-refractivity contribution in [1.82, 2.24) is 0 Å². The van der Waals surface area contributed by atoms with E-state index in [0.29, 0.717) is 17.4 Å². The SMILES string of the molecule is C=C(OC(CCl)=NC)c1ccc(CC)o1. The molecule has 0 amide bonds. The molecule has 0 aromatic carbocycles. The third-order valence-corrected chi connectivity index (χ3v) is 2.12. The van der Waals surface area contributed by atoms with Crippen LogP contribution in [0, 0.1) is 0 Å². The van der Waals surface area contributed by atoms with Gasteiger partial charge in [0.25, 0.3) is 0 Å². The van der Waals surface area contributed by atoms with E-state index in [-0.39, 0.29) is 5.88 Å². The highest BCUT2D eigenvalue weighted by molar-refractivity contribution is 6.27. The second kappa shape index (κ2) is 5.61. The molecule has 0 radical (unpaired) electrons. The molecular weight excluding hydrogens is 214 g/mol. The molecule has 0 fully saturated rings. The second-order valence-electron chi connectivity index (χ2n) is 2.90. The molecular formula is C11H14ClNO2. The summed E-state index contributed by atoms with van der Waals surface area (Å²) < 4.78 is 10.8. The predicted octanol–water partition coefficient (Wildman–Crippen LogP) is 3.10. The lowest BCUT2D eigenvalue weighted by Gasteiger charge is -2.05. The highest BCUT2D eigenvalue weighted by Gasteiger charge is 2.08. The average Bonchev–Trinajstić information content (AvgIpc) is 2.74. The molecule has 0 aliphatic rings. The lowest BCUT2D eigenvalue weighted by Crippen LogP contribution is -2.04. The molecule has 0 saturated carbocycles. The fourth-order valence-electron chi connectivity index (χ4n) is 1.04. The number of rotatable bonds is 4. The number of nitrogens with zero attached hydrogens (tertiary/aromatic N) is 1. The fourth-order valence-corrected chi connectivity index (χ4v) is 1.22. The van der Waals surface area contributed by atoms with Crippen LogP contribution in [0.5, 0.6) is 0 Å². The van der Waals surface area contributed by atoms with Crippen molar-refractivity contribution in [3.05, 3.63) is 30.2 Å². The van der Waals surface area contributed by atoms with Gasteiger partial charge in [-0.1, -0.05) is 13.5 Å². The Morgan fingerprint density at radius 2 is 2.33 bits per heavy atom. The monoisotopic (exact) mass is 227 g/mol. The van der Waals surface area contributed by atoms with Gasteiger partial charge in [-0.3, -0.25) is 4.99 Å². The zero-order valence-corrected chi connectivity index (χ0v) is 9.67. The summed E-state index contributed by atoms with van der Waals surface area (Å²) in [5.41, 5.74) is 0. The highest BCUT2D eigenvalue weighted by atomic mass is 35.5. The van der Waals surface area contributed by atoms with Gasteiger partial charge in [0.1, 0.15) is 5.76 Å². The number of ether oxygens (including phenoxy) is 1. The van der Waals surface area contributed by atoms with Gasteiger partial charge < -0.3 is 9.15 Å². The van der Waals surface area contributed by atoms with Crippen molar-refractivity contribution >= 4 is 23.3 Å².